The molecule has 0 amide bonds. The molecule has 0 aromatic heterocycles. The van der Waals surface area contributed by atoms with Gasteiger partial charge >= 0.3 is 0 Å². The van der Waals surface area contributed by atoms with E-state index in [1.54, 1.807) is 0 Å². The predicted octanol–water partition coefficient (Wildman–Crippen LogP) is 14.8. The van der Waals surface area contributed by atoms with Crippen molar-refractivity contribution in [2.75, 3.05) is 13.2 Å². The van der Waals surface area contributed by atoms with Crippen LogP contribution in [0.15, 0.2) is 48.5 Å². The zero-order valence-corrected chi connectivity index (χ0v) is 35.5. The van der Waals surface area contributed by atoms with Crippen LogP contribution in [-0.4, -0.2) is 25.4 Å². The minimum absolute atomic E-state index is 0.00620. The summed E-state index contributed by atoms with van der Waals surface area (Å²) in [6.45, 7) is 11.6. The molecule has 0 bridgehead atoms. The molecular weight excluding hydrogens is 665 g/mol. The second-order valence-corrected chi connectivity index (χ2v) is 17.3. The maximum absolute atomic E-state index is 6.21. The zero-order valence-electron chi connectivity index (χ0n) is 35.5. The van der Waals surface area contributed by atoms with E-state index in [2.05, 4.69) is 76.2 Å². The van der Waals surface area contributed by atoms with Gasteiger partial charge in [-0.15, -0.1) is 0 Å². The number of rotatable bonds is 29. The van der Waals surface area contributed by atoms with Crippen molar-refractivity contribution in [3.8, 4) is 11.5 Å². The van der Waals surface area contributed by atoms with Gasteiger partial charge in [-0.1, -0.05) is 167 Å². The third kappa shape index (κ3) is 17.8. The molecule has 2 aliphatic rings. The molecule has 4 unspecified atom stereocenters. The molecule has 0 heterocycles. The molecule has 2 aliphatic carbocycles. The summed E-state index contributed by atoms with van der Waals surface area (Å²) >= 11 is 0. The van der Waals surface area contributed by atoms with Crippen molar-refractivity contribution in [3.63, 3.8) is 0 Å². The molecule has 0 spiro atoms. The zero-order chi connectivity index (χ0) is 38.1. The summed E-state index contributed by atoms with van der Waals surface area (Å²) in [7, 11) is 0. The van der Waals surface area contributed by atoms with Gasteiger partial charge in [0.05, 0.1) is 38.6 Å². The molecule has 4 heteroatoms. The van der Waals surface area contributed by atoms with E-state index in [0.29, 0.717) is 13.2 Å². The molecule has 0 saturated heterocycles. The monoisotopic (exact) mass is 747 g/mol. The quantitative estimate of drug-likeness (QED) is 0.0777. The van der Waals surface area contributed by atoms with Gasteiger partial charge in [-0.3, -0.25) is 0 Å². The largest absolute Gasteiger partial charge is 0.494 e. The van der Waals surface area contributed by atoms with Gasteiger partial charge in [0.2, 0.25) is 0 Å². The van der Waals surface area contributed by atoms with Crippen molar-refractivity contribution in [2.45, 2.75) is 207 Å². The number of hydrogen-bond donors (Lipinski definition) is 0. The number of benzene rings is 2. The predicted molar refractivity (Wildman–Crippen MR) is 228 cm³/mol. The number of ether oxygens (including phenoxy) is 4. The normalized spacial score (nSPS) is 21.5. The van der Waals surface area contributed by atoms with Crippen molar-refractivity contribution in [1.29, 1.82) is 0 Å². The van der Waals surface area contributed by atoms with Gasteiger partial charge in [-0.25, -0.2) is 0 Å². The first kappa shape index (κ1) is 44.7. The highest BCUT2D eigenvalue weighted by atomic mass is 16.5. The standard InChI is InChI=1S/C50H82O4/c1-5-7-9-11-13-21-45-23-15-17-25-47(45)27-19-37-51-49-33-29-43(30-34-49)39-53-41(3)42(4)54-40-44-31-35-50(36-32-44)52-38-20-28-48-26-18-16-24-46(48)22-14-12-10-8-6-2/h29-36,41-42,45-48H,5-28,37-40H2,1-4H3/t41-,42-,45?,46?,47?,48?/m1/s1. The van der Waals surface area contributed by atoms with Crippen LogP contribution in [0.5, 0.6) is 11.5 Å². The van der Waals surface area contributed by atoms with Crippen LogP contribution in [0.1, 0.15) is 193 Å². The van der Waals surface area contributed by atoms with E-state index in [4.69, 9.17) is 18.9 Å². The first-order valence-electron chi connectivity index (χ1n) is 23.2. The van der Waals surface area contributed by atoms with Crippen LogP contribution in [0.2, 0.25) is 0 Å². The van der Waals surface area contributed by atoms with Crippen LogP contribution in [0.3, 0.4) is 0 Å². The Bertz CT molecular complexity index is 1080. The fraction of sp³-hybridized carbons (Fsp3) is 0.760. The Morgan fingerprint density at radius 1 is 0.444 bits per heavy atom. The third-order valence-electron chi connectivity index (χ3n) is 13.0. The van der Waals surface area contributed by atoms with E-state index >= 15 is 0 Å². The summed E-state index contributed by atoms with van der Waals surface area (Å²) in [5, 5.41) is 0. The van der Waals surface area contributed by atoms with Crippen molar-refractivity contribution >= 4 is 0 Å². The van der Waals surface area contributed by atoms with Crippen LogP contribution < -0.4 is 9.47 Å². The lowest BCUT2D eigenvalue weighted by Gasteiger charge is -2.32. The Balaban J connectivity index is 1.04. The highest BCUT2D eigenvalue weighted by molar-refractivity contribution is 5.27. The van der Waals surface area contributed by atoms with Gasteiger partial charge in [0.15, 0.2) is 0 Å². The summed E-state index contributed by atoms with van der Waals surface area (Å²) in [6, 6.07) is 16.9. The average Bonchev–Trinajstić information content (AvgIpc) is 3.21. The lowest BCUT2D eigenvalue weighted by molar-refractivity contribution is -0.0687. The molecule has 0 N–H and O–H groups in total. The van der Waals surface area contributed by atoms with Gasteiger partial charge < -0.3 is 18.9 Å². The first-order chi connectivity index (χ1) is 26.6. The Kier molecular flexibility index (Phi) is 22.8. The summed E-state index contributed by atoms with van der Waals surface area (Å²) in [5.74, 6) is 5.66. The van der Waals surface area contributed by atoms with Crippen molar-refractivity contribution in [1.82, 2.24) is 0 Å². The van der Waals surface area contributed by atoms with E-state index < -0.39 is 0 Å². The number of hydrogen-bond acceptors (Lipinski definition) is 4. The molecule has 0 radical (unpaired) electrons. The van der Waals surface area contributed by atoms with E-state index in [0.717, 1.165) is 72.4 Å². The molecule has 4 rings (SSSR count). The van der Waals surface area contributed by atoms with Crippen LogP contribution in [0.4, 0.5) is 0 Å². The van der Waals surface area contributed by atoms with Gasteiger partial charge in [-0.2, -0.15) is 0 Å². The summed E-state index contributed by atoms with van der Waals surface area (Å²) in [4.78, 5) is 0. The average molecular weight is 747 g/mol. The lowest BCUT2D eigenvalue weighted by atomic mass is 9.74. The van der Waals surface area contributed by atoms with Crippen LogP contribution >= 0.6 is 0 Å². The molecule has 6 atom stereocenters. The maximum Gasteiger partial charge on any atom is 0.119 e. The SMILES string of the molecule is CCCCCCCC1CCCCC1CCCOc1ccc(CO[C@H](C)[C@@H](C)OCc2ccc(OCCCC3CCCCC3CCCCCCC)cc2)cc1. The van der Waals surface area contributed by atoms with Crippen LogP contribution in [0.25, 0.3) is 0 Å². The van der Waals surface area contributed by atoms with Gasteiger partial charge in [0.1, 0.15) is 11.5 Å². The third-order valence-corrected chi connectivity index (χ3v) is 13.0. The molecule has 2 saturated carbocycles. The molecule has 4 nitrogen and oxygen atoms in total. The van der Waals surface area contributed by atoms with E-state index in [1.807, 2.05) is 0 Å². The Hall–Kier alpha value is -2.04. The maximum atomic E-state index is 6.21. The first-order valence-corrected chi connectivity index (χ1v) is 23.2. The molecule has 54 heavy (non-hydrogen) atoms. The van der Waals surface area contributed by atoms with Gasteiger partial charge in [0.25, 0.3) is 0 Å². The molecule has 306 valence electrons. The summed E-state index contributed by atoms with van der Waals surface area (Å²) in [5.41, 5.74) is 2.33. The Labute approximate surface area is 333 Å². The minimum atomic E-state index is -0.00620. The summed E-state index contributed by atoms with van der Waals surface area (Å²) in [6.07, 6.45) is 33.4. The number of unbranched alkanes of at least 4 members (excludes halogenated alkanes) is 8. The molecule has 0 aliphatic heterocycles. The Morgan fingerprint density at radius 2 is 0.778 bits per heavy atom. The second kappa shape index (κ2) is 27.5. The second-order valence-electron chi connectivity index (χ2n) is 17.3. The Morgan fingerprint density at radius 3 is 1.13 bits per heavy atom. The van der Waals surface area contributed by atoms with Crippen LogP contribution in [-0.2, 0) is 22.7 Å². The molecular formula is C50H82O4. The summed E-state index contributed by atoms with van der Waals surface area (Å²) < 4.78 is 24.7. The van der Waals surface area contributed by atoms with Crippen molar-refractivity contribution in [3.05, 3.63) is 59.7 Å². The van der Waals surface area contributed by atoms with Gasteiger partial charge in [0, 0.05) is 0 Å². The van der Waals surface area contributed by atoms with E-state index in [-0.39, 0.29) is 12.2 Å². The van der Waals surface area contributed by atoms with Crippen LogP contribution in [0, 0.1) is 23.7 Å². The van der Waals surface area contributed by atoms with Crippen molar-refractivity contribution < 1.29 is 18.9 Å². The highest BCUT2D eigenvalue weighted by Gasteiger charge is 2.25. The smallest absolute Gasteiger partial charge is 0.119 e. The fourth-order valence-corrected chi connectivity index (χ4v) is 9.27. The topological polar surface area (TPSA) is 36.9 Å². The van der Waals surface area contributed by atoms with Crippen molar-refractivity contribution in [2.24, 2.45) is 23.7 Å². The fourth-order valence-electron chi connectivity index (χ4n) is 9.27. The van der Waals surface area contributed by atoms with E-state index in [9.17, 15) is 0 Å². The molecule has 2 fully saturated rings. The highest BCUT2D eigenvalue weighted by Crippen LogP contribution is 2.38. The minimum Gasteiger partial charge on any atom is -0.494 e. The van der Waals surface area contributed by atoms with E-state index in [1.165, 1.54) is 141 Å². The molecule has 2 aromatic carbocycles. The van der Waals surface area contributed by atoms with Gasteiger partial charge in [-0.05, 0) is 98.6 Å². The lowest BCUT2D eigenvalue weighted by Crippen LogP contribution is -2.26. The molecule has 2 aromatic rings.